The van der Waals surface area contributed by atoms with Gasteiger partial charge in [-0.05, 0) is 19.1 Å². The van der Waals surface area contributed by atoms with Crippen LogP contribution in [0.15, 0.2) is 24.3 Å². The fourth-order valence-corrected chi connectivity index (χ4v) is 1.82. The molecular weight excluding hydrogens is 212 g/mol. The number of hydrogen-bond donors (Lipinski definition) is 0. The Balaban J connectivity index is 2.70. The van der Waals surface area contributed by atoms with E-state index in [0.717, 1.165) is 5.56 Å². The summed E-state index contributed by atoms with van der Waals surface area (Å²) in [6.07, 6.45) is 5.14. The van der Waals surface area contributed by atoms with Crippen molar-refractivity contribution in [2.24, 2.45) is 0 Å². The van der Waals surface area contributed by atoms with Crippen molar-refractivity contribution in [3.63, 3.8) is 0 Å². The summed E-state index contributed by atoms with van der Waals surface area (Å²) in [7, 11) is -3.55. The third kappa shape index (κ3) is 4.05. The molecule has 0 fully saturated rings. The summed E-state index contributed by atoms with van der Waals surface area (Å²) < 4.78 is 27.5. The molecule has 1 rings (SSSR count). The summed E-state index contributed by atoms with van der Waals surface area (Å²) in [5.41, 5.74) is 1.04. The summed E-state index contributed by atoms with van der Waals surface area (Å²) >= 11 is 0. The average Bonchev–Trinajstić information content (AvgIpc) is 2.18. The molecule has 80 valence electrons. The first-order valence-corrected chi connectivity index (χ1v) is 6.03. The summed E-state index contributed by atoms with van der Waals surface area (Å²) in [6.45, 7) is 1.91. The molecule has 0 aromatic heterocycles. The van der Waals surface area contributed by atoms with Crippen LogP contribution >= 0.6 is 0 Å². The third-order valence-corrected chi connectivity index (χ3v) is 2.89. The van der Waals surface area contributed by atoms with Gasteiger partial charge in [0.05, 0.1) is 5.75 Å². The van der Waals surface area contributed by atoms with E-state index in [9.17, 15) is 8.42 Å². The van der Waals surface area contributed by atoms with Gasteiger partial charge in [0.1, 0.15) is 5.75 Å². The van der Waals surface area contributed by atoms with Crippen molar-refractivity contribution < 1.29 is 12.6 Å². The van der Waals surface area contributed by atoms with E-state index in [2.05, 4.69) is 5.92 Å². The van der Waals surface area contributed by atoms with E-state index in [1.165, 1.54) is 0 Å². The minimum Gasteiger partial charge on any atom is -0.382 e. The lowest BCUT2D eigenvalue weighted by atomic mass is 10.2. The van der Waals surface area contributed by atoms with Gasteiger partial charge in [0.2, 0.25) is 0 Å². The van der Waals surface area contributed by atoms with Gasteiger partial charge in [-0.2, -0.15) is 8.42 Å². The number of aryl methyl sites for hydroxylation is 1. The van der Waals surface area contributed by atoms with Gasteiger partial charge in [0, 0.05) is 6.42 Å². The van der Waals surface area contributed by atoms with Crippen molar-refractivity contribution in [1.82, 2.24) is 0 Å². The topological polar surface area (TPSA) is 43.4 Å². The van der Waals surface area contributed by atoms with Gasteiger partial charge >= 0.3 is 10.1 Å². The molecule has 0 heterocycles. The van der Waals surface area contributed by atoms with E-state index in [1.54, 1.807) is 24.3 Å². The second-order valence-electron chi connectivity index (χ2n) is 3.11. The highest BCUT2D eigenvalue weighted by Crippen LogP contribution is 2.14. The molecule has 0 saturated heterocycles. The molecule has 1 aromatic carbocycles. The molecule has 0 saturated carbocycles. The monoisotopic (exact) mass is 224 g/mol. The molecule has 0 atom stereocenters. The Labute approximate surface area is 90.2 Å². The van der Waals surface area contributed by atoms with Crippen molar-refractivity contribution >= 4 is 10.1 Å². The van der Waals surface area contributed by atoms with Crippen molar-refractivity contribution in [3.05, 3.63) is 29.8 Å². The molecule has 15 heavy (non-hydrogen) atoms. The molecule has 4 heteroatoms. The van der Waals surface area contributed by atoms with E-state index in [0.29, 0.717) is 5.75 Å². The quantitative estimate of drug-likeness (QED) is 0.578. The minimum absolute atomic E-state index is 0.155. The van der Waals surface area contributed by atoms with Crippen LogP contribution < -0.4 is 4.18 Å². The zero-order valence-electron chi connectivity index (χ0n) is 8.43. The van der Waals surface area contributed by atoms with Gasteiger partial charge in [0.25, 0.3) is 0 Å². The molecule has 0 aliphatic carbocycles. The molecule has 0 unspecified atom stereocenters. The number of benzene rings is 1. The number of hydrogen-bond acceptors (Lipinski definition) is 3. The number of rotatable bonds is 4. The highest BCUT2D eigenvalue weighted by Gasteiger charge is 2.11. The first-order chi connectivity index (χ1) is 7.03. The normalized spacial score (nSPS) is 10.7. The van der Waals surface area contributed by atoms with E-state index in [-0.39, 0.29) is 12.2 Å². The van der Waals surface area contributed by atoms with E-state index in [1.807, 2.05) is 6.92 Å². The maximum atomic E-state index is 11.3. The molecular formula is C11H12O3S. The standard InChI is InChI=1S/C11H12O3S/c1-3-4-9-15(12,13)14-11-7-5-10(2)6-8-11/h1,5-8H,4,9H2,2H3. The first-order valence-electron chi connectivity index (χ1n) is 4.46. The SMILES string of the molecule is C#CCCS(=O)(=O)Oc1ccc(C)cc1. The third-order valence-electron chi connectivity index (χ3n) is 1.74. The van der Waals surface area contributed by atoms with Gasteiger partial charge in [-0.3, -0.25) is 0 Å². The molecule has 3 nitrogen and oxygen atoms in total. The number of terminal acetylenes is 1. The zero-order chi connectivity index (χ0) is 11.3. The minimum atomic E-state index is -3.55. The second kappa shape index (κ2) is 4.85. The molecule has 0 N–H and O–H groups in total. The van der Waals surface area contributed by atoms with Crippen LogP contribution in [0, 0.1) is 19.3 Å². The van der Waals surface area contributed by atoms with Crippen molar-refractivity contribution in [2.75, 3.05) is 5.75 Å². The largest absolute Gasteiger partial charge is 0.382 e. The van der Waals surface area contributed by atoms with Gasteiger partial charge in [-0.15, -0.1) is 12.3 Å². The summed E-state index contributed by atoms with van der Waals surface area (Å²) in [6, 6.07) is 6.80. The lowest BCUT2D eigenvalue weighted by Crippen LogP contribution is -2.13. The maximum Gasteiger partial charge on any atom is 0.310 e. The molecule has 0 radical (unpaired) electrons. The Kier molecular flexibility index (Phi) is 3.75. The van der Waals surface area contributed by atoms with Crippen LogP contribution in [0.3, 0.4) is 0 Å². The predicted molar refractivity (Wildman–Crippen MR) is 59.0 cm³/mol. The van der Waals surface area contributed by atoms with Crippen LogP contribution in [0.2, 0.25) is 0 Å². The fourth-order valence-electron chi connectivity index (χ4n) is 0.966. The zero-order valence-corrected chi connectivity index (χ0v) is 9.25. The lowest BCUT2D eigenvalue weighted by Gasteiger charge is -2.05. The van der Waals surface area contributed by atoms with Gasteiger partial charge in [-0.1, -0.05) is 17.7 Å². The van der Waals surface area contributed by atoms with Crippen LogP contribution in [0.1, 0.15) is 12.0 Å². The smallest absolute Gasteiger partial charge is 0.310 e. The summed E-state index contributed by atoms with van der Waals surface area (Å²) in [5, 5.41) is 0. The van der Waals surface area contributed by atoms with Gasteiger partial charge in [-0.25, -0.2) is 0 Å². The van der Waals surface area contributed by atoms with Gasteiger partial charge in [0.15, 0.2) is 0 Å². The molecule has 0 spiro atoms. The lowest BCUT2D eigenvalue weighted by molar-refractivity contribution is 0.486. The Hall–Kier alpha value is -1.47. The Morgan fingerprint density at radius 2 is 1.93 bits per heavy atom. The molecule has 0 amide bonds. The highest BCUT2D eigenvalue weighted by atomic mass is 32.2. The van der Waals surface area contributed by atoms with E-state index >= 15 is 0 Å². The summed E-state index contributed by atoms with van der Waals surface area (Å²) in [4.78, 5) is 0. The van der Waals surface area contributed by atoms with Crippen LogP contribution in [-0.2, 0) is 10.1 Å². The first kappa shape index (κ1) is 11.6. The molecule has 0 aliphatic rings. The summed E-state index contributed by atoms with van der Waals surface area (Å²) in [5.74, 6) is 2.42. The Morgan fingerprint density at radius 3 is 2.47 bits per heavy atom. The average molecular weight is 224 g/mol. The fraction of sp³-hybridized carbons (Fsp3) is 0.273. The highest BCUT2D eigenvalue weighted by molar-refractivity contribution is 7.87. The van der Waals surface area contributed by atoms with Crippen molar-refractivity contribution in [2.45, 2.75) is 13.3 Å². The Bertz CT molecular complexity index is 452. The molecule has 0 aliphatic heterocycles. The van der Waals surface area contributed by atoms with Crippen molar-refractivity contribution in [3.8, 4) is 18.1 Å². The molecule has 0 bridgehead atoms. The maximum absolute atomic E-state index is 11.3. The molecule has 1 aromatic rings. The predicted octanol–water partition coefficient (Wildman–Crippen LogP) is 1.73. The Morgan fingerprint density at radius 1 is 1.33 bits per heavy atom. The second-order valence-corrected chi connectivity index (χ2v) is 4.80. The van der Waals surface area contributed by atoms with E-state index < -0.39 is 10.1 Å². The van der Waals surface area contributed by atoms with E-state index in [4.69, 9.17) is 10.6 Å². The van der Waals surface area contributed by atoms with Crippen LogP contribution in [0.25, 0.3) is 0 Å². The van der Waals surface area contributed by atoms with Crippen molar-refractivity contribution in [1.29, 1.82) is 0 Å². The van der Waals surface area contributed by atoms with Crippen LogP contribution in [0.5, 0.6) is 5.75 Å². The van der Waals surface area contributed by atoms with Gasteiger partial charge < -0.3 is 4.18 Å². The van der Waals surface area contributed by atoms with Crippen LogP contribution in [-0.4, -0.2) is 14.2 Å². The van der Waals surface area contributed by atoms with Crippen LogP contribution in [0.4, 0.5) is 0 Å².